The highest BCUT2D eigenvalue weighted by molar-refractivity contribution is 7.15. The van der Waals surface area contributed by atoms with Crippen LogP contribution in [0.4, 0.5) is 0 Å². The highest BCUT2D eigenvalue weighted by atomic mass is 28.3. The first-order chi connectivity index (χ1) is 16.1. The Balaban J connectivity index is 1.92. The van der Waals surface area contributed by atoms with Crippen molar-refractivity contribution in [3.8, 4) is 0 Å². The van der Waals surface area contributed by atoms with E-state index in [9.17, 15) is 0 Å². The number of rotatable bonds is 4. The Bertz CT molecular complexity index is 1130. The van der Waals surface area contributed by atoms with E-state index in [1.54, 1.807) is 20.8 Å². The highest BCUT2D eigenvalue weighted by Gasteiger charge is 2.46. The first kappa shape index (κ1) is 21.9. The van der Waals surface area contributed by atoms with Crippen molar-refractivity contribution < 1.29 is 0 Å². The summed E-state index contributed by atoms with van der Waals surface area (Å²) in [5, 5.41) is 6.44. The minimum atomic E-state index is -1.99. The van der Waals surface area contributed by atoms with Crippen molar-refractivity contribution in [2.24, 2.45) is 0 Å². The SMILES string of the molecule is C[Si@@]1(c2ccccc2)CCC[Si@@](C)(c2ccccc2)C(c2ccccc2)=C1c1ccccc1. The summed E-state index contributed by atoms with van der Waals surface area (Å²) >= 11 is 0. The Kier molecular flexibility index (Phi) is 6.05. The van der Waals surface area contributed by atoms with Crippen molar-refractivity contribution in [3.05, 3.63) is 132 Å². The fourth-order valence-electron chi connectivity index (χ4n) is 5.92. The first-order valence-electron chi connectivity index (χ1n) is 12.1. The summed E-state index contributed by atoms with van der Waals surface area (Å²) in [4.78, 5) is 0. The van der Waals surface area contributed by atoms with Crippen molar-refractivity contribution in [2.45, 2.75) is 31.6 Å². The first-order valence-corrected chi connectivity index (χ1v) is 17.5. The van der Waals surface area contributed by atoms with Crippen molar-refractivity contribution in [1.29, 1.82) is 0 Å². The van der Waals surface area contributed by atoms with Gasteiger partial charge in [-0.3, -0.25) is 0 Å². The number of hydrogen-bond donors (Lipinski definition) is 0. The highest BCUT2D eigenvalue weighted by Crippen LogP contribution is 2.45. The van der Waals surface area contributed by atoms with Gasteiger partial charge in [-0.05, 0) is 33.6 Å². The smallest absolute Gasteiger partial charge is 0.0626 e. The van der Waals surface area contributed by atoms with Crippen LogP contribution in [0.2, 0.25) is 25.2 Å². The van der Waals surface area contributed by atoms with Crippen molar-refractivity contribution in [2.75, 3.05) is 0 Å². The van der Waals surface area contributed by atoms with Crippen molar-refractivity contribution in [3.63, 3.8) is 0 Å². The average Bonchev–Trinajstić information content (AvgIpc) is 3.01. The fourth-order valence-corrected chi connectivity index (χ4v) is 16.2. The molecule has 4 aromatic rings. The van der Waals surface area contributed by atoms with Gasteiger partial charge in [-0.15, -0.1) is 0 Å². The van der Waals surface area contributed by atoms with E-state index in [1.807, 2.05) is 0 Å². The van der Waals surface area contributed by atoms with E-state index in [1.165, 1.54) is 29.6 Å². The second kappa shape index (κ2) is 9.13. The third kappa shape index (κ3) is 3.98. The molecular formula is C31H32Si2. The molecule has 0 bridgehead atoms. The quantitative estimate of drug-likeness (QED) is 0.286. The summed E-state index contributed by atoms with van der Waals surface area (Å²) in [6.45, 7) is 5.25. The van der Waals surface area contributed by atoms with Crippen LogP contribution in [0.25, 0.3) is 10.4 Å². The predicted octanol–water partition coefficient (Wildman–Crippen LogP) is 7.05. The maximum absolute atomic E-state index is 2.62. The molecule has 0 fully saturated rings. The molecule has 2 heteroatoms. The van der Waals surface area contributed by atoms with Crippen molar-refractivity contribution in [1.82, 2.24) is 0 Å². The second-order valence-electron chi connectivity index (χ2n) is 9.73. The van der Waals surface area contributed by atoms with Gasteiger partial charge in [0.2, 0.25) is 0 Å². The lowest BCUT2D eigenvalue weighted by atomic mass is 10.1. The van der Waals surface area contributed by atoms with Crippen molar-refractivity contribution >= 4 is 36.9 Å². The van der Waals surface area contributed by atoms with Gasteiger partial charge in [-0.1, -0.05) is 151 Å². The number of benzene rings is 4. The monoisotopic (exact) mass is 460 g/mol. The maximum atomic E-state index is 2.62. The molecule has 1 heterocycles. The van der Waals surface area contributed by atoms with Crippen LogP contribution in [-0.4, -0.2) is 16.1 Å². The Morgan fingerprint density at radius 2 is 0.727 bits per heavy atom. The Morgan fingerprint density at radius 1 is 0.424 bits per heavy atom. The summed E-state index contributed by atoms with van der Waals surface area (Å²) < 4.78 is 0. The minimum Gasteiger partial charge on any atom is -0.0626 e. The minimum absolute atomic E-state index is 1.29. The van der Waals surface area contributed by atoms with E-state index >= 15 is 0 Å². The van der Waals surface area contributed by atoms with Gasteiger partial charge in [0.1, 0.15) is 16.1 Å². The van der Waals surface area contributed by atoms with Gasteiger partial charge >= 0.3 is 0 Å². The van der Waals surface area contributed by atoms with Crippen LogP contribution in [0.1, 0.15) is 17.5 Å². The van der Waals surface area contributed by atoms with E-state index in [0.717, 1.165) is 0 Å². The molecule has 1 aliphatic heterocycles. The number of hydrogen-bond acceptors (Lipinski definition) is 0. The fraction of sp³-hybridized carbons (Fsp3) is 0.161. The summed E-state index contributed by atoms with van der Waals surface area (Å²) in [5.74, 6) is 0. The van der Waals surface area contributed by atoms with Gasteiger partial charge < -0.3 is 0 Å². The van der Waals surface area contributed by atoms with Crippen LogP contribution in [-0.2, 0) is 0 Å². The molecule has 0 nitrogen and oxygen atoms in total. The predicted molar refractivity (Wildman–Crippen MR) is 149 cm³/mol. The topological polar surface area (TPSA) is 0 Å². The molecule has 0 aromatic heterocycles. The molecule has 2 atom stereocenters. The zero-order chi connectivity index (χ0) is 22.7. The summed E-state index contributed by atoms with van der Waals surface area (Å²) in [6.07, 6.45) is 1.29. The average molecular weight is 461 g/mol. The molecular weight excluding hydrogens is 429 g/mol. The van der Waals surface area contributed by atoms with E-state index < -0.39 is 16.1 Å². The second-order valence-corrected chi connectivity index (χ2v) is 18.2. The molecule has 0 unspecified atom stereocenters. The molecule has 0 spiro atoms. The van der Waals surface area contributed by atoms with Gasteiger partial charge in [0.25, 0.3) is 0 Å². The molecule has 0 saturated carbocycles. The standard InChI is InChI=1S/C31H32Si2/c1-32(28-20-11-5-12-21-28)24-15-25-33(2,29-22-13-6-14-23-29)31(27-18-9-4-10-19-27)30(32)26-16-7-3-8-17-26/h3-14,16-23H,15,24-25H2,1-2H3/t32-,33-/m0/s1. The van der Waals surface area contributed by atoms with Crippen LogP contribution < -0.4 is 10.4 Å². The van der Waals surface area contributed by atoms with Gasteiger partial charge in [-0.2, -0.15) is 0 Å². The molecule has 164 valence electrons. The van der Waals surface area contributed by atoms with E-state index in [-0.39, 0.29) is 0 Å². The molecule has 0 aliphatic carbocycles. The van der Waals surface area contributed by atoms with Crippen LogP contribution >= 0.6 is 0 Å². The van der Waals surface area contributed by atoms with E-state index in [2.05, 4.69) is 134 Å². The molecule has 0 saturated heterocycles. The maximum Gasteiger partial charge on any atom is 0.115 e. The molecule has 0 N–H and O–H groups in total. The lowest BCUT2D eigenvalue weighted by Crippen LogP contribution is -2.49. The zero-order valence-electron chi connectivity index (χ0n) is 19.7. The van der Waals surface area contributed by atoms with Gasteiger partial charge in [0.05, 0.1) is 0 Å². The summed E-state index contributed by atoms with van der Waals surface area (Å²) in [5.41, 5.74) is 2.84. The lowest BCUT2D eigenvalue weighted by Gasteiger charge is -2.36. The normalized spacial score (nSPS) is 23.2. The van der Waals surface area contributed by atoms with Crippen LogP contribution in [0.15, 0.2) is 121 Å². The molecule has 33 heavy (non-hydrogen) atoms. The van der Waals surface area contributed by atoms with E-state index in [4.69, 9.17) is 0 Å². The Hall–Kier alpha value is -2.95. The summed E-state index contributed by atoms with van der Waals surface area (Å²) in [7, 11) is -3.97. The largest absolute Gasteiger partial charge is 0.115 e. The molecule has 0 amide bonds. The third-order valence-corrected chi connectivity index (χ3v) is 17.1. The van der Waals surface area contributed by atoms with E-state index in [0.29, 0.717) is 0 Å². The van der Waals surface area contributed by atoms with Gasteiger partial charge in [-0.25, -0.2) is 0 Å². The zero-order valence-corrected chi connectivity index (χ0v) is 21.7. The van der Waals surface area contributed by atoms with Crippen LogP contribution in [0.5, 0.6) is 0 Å². The molecule has 1 aliphatic rings. The lowest BCUT2D eigenvalue weighted by molar-refractivity contribution is 1.04. The molecule has 0 radical (unpaired) electrons. The molecule has 4 aromatic carbocycles. The third-order valence-electron chi connectivity index (χ3n) is 7.65. The molecule has 5 rings (SSSR count). The van der Waals surface area contributed by atoms with Crippen LogP contribution in [0, 0.1) is 0 Å². The van der Waals surface area contributed by atoms with Crippen LogP contribution in [0.3, 0.4) is 0 Å². The Morgan fingerprint density at radius 3 is 1.06 bits per heavy atom. The van der Waals surface area contributed by atoms with Gasteiger partial charge in [0, 0.05) is 0 Å². The van der Waals surface area contributed by atoms with Gasteiger partial charge in [0.15, 0.2) is 0 Å². The summed E-state index contributed by atoms with van der Waals surface area (Å²) in [6, 6.07) is 48.0. The Labute approximate surface area is 200 Å².